The van der Waals surface area contributed by atoms with E-state index in [4.69, 9.17) is 9.47 Å². The van der Waals surface area contributed by atoms with Crippen LogP contribution in [0.4, 0.5) is 14.9 Å². The van der Waals surface area contributed by atoms with Gasteiger partial charge in [-0.1, -0.05) is 30.9 Å². The fraction of sp³-hybridized carbons (Fsp3) is 0.423. The molecule has 0 saturated carbocycles. The van der Waals surface area contributed by atoms with E-state index in [0.29, 0.717) is 5.56 Å². The van der Waals surface area contributed by atoms with E-state index in [1.54, 1.807) is 31.0 Å². The molecule has 1 aliphatic heterocycles. The number of carbonyl (C=O) groups excluding carboxylic acids is 2. The summed E-state index contributed by atoms with van der Waals surface area (Å²) in [5.41, 5.74) is 0.810. The number of rotatable bonds is 6. The van der Waals surface area contributed by atoms with Crippen molar-refractivity contribution in [1.82, 2.24) is 14.8 Å². The monoisotopic (exact) mass is 498 g/mol. The molecule has 0 fully saturated rings. The molecule has 36 heavy (non-hydrogen) atoms. The lowest BCUT2D eigenvalue weighted by molar-refractivity contribution is 0.0356. The van der Waals surface area contributed by atoms with Crippen LogP contribution in [0.3, 0.4) is 0 Å². The highest BCUT2D eigenvalue weighted by Crippen LogP contribution is 2.27. The van der Waals surface area contributed by atoms with Crippen LogP contribution in [0.2, 0.25) is 0 Å². The van der Waals surface area contributed by atoms with E-state index >= 15 is 0 Å². The number of hydrogen-bond acceptors (Lipinski definition) is 6. The van der Waals surface area contributed by atoms with Gasteiger partial charge in [0.2, 0.25) is 5.88 Å². The van der Waals surface area contributed by atoms with Gasteiger partial charge in [-0.25, -0.2) is 14.2 Å². The highest BCUT2D eigenvalue weighted by molar-refractivity contribution is 5.97. The van der Waals surface area contributed by atoms with E-state index in [1.807, 2.05) is 6.92 Å². The van der Waals surface area contributed by atoms with Gasteiger partial charge in [0.05, 0.1) is 24.9 Å². The Balaban J connectivity index is 1.88. The molecule has 2 heterocycles. The summed E-state index contributed by atoms with van der Waals surface area (Å²) < 4.78 is 25.1. The van der Waals surface area contributed by atoms with E-state index < -0.39 is 24.0 Å². The molecular formula is C26H31FN4O5. The summed E-state index contributed by atoms with van der Waals surface area (Å²) in [5, 5.41) is 12.3. The van der Waals surface area contributed by atoms with E-state index in [2.05, 4.69) is 22.1 Å². The van der Waals surface area contributed by atoms with E-state index in [-0.39, 0.29) is 55.3 Å². The quantitative estimate of drug-likeness (QED) is 0.594. The summed E-state index contributed by atoms with van der Waals surface area (Å²) in [7, 11) is 3.11. The van der Waals surface area contributed by atoms with Crippen LogP contribution in [0.25, 0.3) is 0 Å². The first-order valence-electron chi connectivity index (χ1n) is 11.6. The van der Waals surface area contributed by atoms with Crippen LogP contribution in [0.1, 0.15) is 29.8 Å². The number of urea groups is 1. The highest BCUT2D eigenvalue weighted by atomic mass is 19.1. The minimum absolute atomic E-state index is 0.0728. The molecule has 0 unspecified atom stereocenters. The summed E-state index contributed by atoms with van der Waals surface area (Å²) in [6, 6.07) is 6.56. The second kappa shape index (κ2) is 12.3. The molecule has 0 radical (unpaired) electrons. The average Bonchev–Trinajstić information content (AvgIpc) is 2.87. The van der Waals surface area contributed by atoms with Crippen molar-refractivity contribution in [3.05, 3.63) is 53.5 Å². The van der Waals surface area contributed by atoms with Crippen LogP contribution in [-0.2, 0) is 4.74 Å². The first kappa shape index (κ1) is 26.9. The number of amides is 3. The molecule has 2 aromatic rings. The molecule has 0 aliphatic carbocycles. The van der Waals surface area contributed by atoms with Gasteiger partial charge < -0.3 is 29.7 Å². The Bertz CT molecular complexity index is 1150. The van der Waals surface area contributed by atoms with Crippen molar-refractivity contribution in [2.45, 2.75) is 26.0 Å². The Labute approximate surface area is 210 Å². The standard InChI is InChI=1S/C26H31FN4O5/c1-17-14-31(18(2)16-32)25(33)20-12-19(8-7-11-35-4)13-28-24(20)36-23(17)15-30(3)26(34)29-22-10-6-5-9-21(22)27/h5-6,9-10,12-13,17-18,23,32H,11,14-16H2,1-4H3,(H,29,34)/t17-,18-,23-/m0/s1. The third-order valence-corrected chi connectivity index (χ3v) is 5.89. The molecule has 1 aromatic carbocycles. The third-order valence-electron chi connectivity index (χ3n) is 5.89. The highest BCUT2D eigenvalue weighted by Gasteiger charge is 2.34. The molecule has 3 atom stereocenters. The number of aromatic nitrogens is 1. The van der Waals surface area contributed by atoms with Crippen molar-refractivity contribution in [2.75, 3.05) is 45.8 Å². The number of carbonyl (C=O) groups is 2. The number of methoxy groups -OCH3 is 1. The number of likely N-dealkylation sites (N-methyl/N-ethyl adjacent to an activating group) is 1. The topological polar surface area (TPSA) is 104 Å². The number of benzene rings is 1. The number of ether oxygens (including phenoxy) is 2. The first-order chi connectivity index (χ1) is 17.2. The van der Waals surface area contributed by atoms with Gasteiger partial charge in [0.1, 0.15) is 24.1 Å². The number of para-hydroxylation sites is 1. The Morgan fingerprint density at radius 1 is 1.44 bits per heavy atom. The zero-order chi connectivity index (χ0) is 26.2. The Morgan fingerprint density at radius 2 is 2.19 bits per heavy atom. The van der Waals surface area contributed by atoms with Crippen molar-refractivity contribution < 1.29 is 28.6 Å². The van der Waals surface area contributed by atoms with Crippen LogP contribution in [0.5, 0.6) is 5.88 Å². The zero-order valence-corrected chi connectivity index (χ0v) is 20.8. The summed E-state index contributed by atoms with van der Waals surface area (Å²) in [6.07, 6.45) is 0.964. The van der Waals surface area contributed by atoms with Crippen LogP contribution in [0, 0.1) is 23.6 Å². The van der Waals surface area contributed by atoms with E-state index in [1.165, 1.54) is 36.4 Å². The van der Waals surface area contributed by atoms with Gasteiger partial charge >= 0.3 is 6.03 Å². The summed E-state index contributed by atoms with van der Waals surface area (Å²) in [4.78, 5) is 33.4. The molecule has 3 rings (SSSR count). The molecule has 3 amide bonds. The minimum atomic E-state index is -0.542. The molecule has 0 spiro atoms. The predicted octanol–water partition coefficient (Wildman–Crippen LogP) is 2.60. The van der Waals surface area contributed by atoms with Gasteiger partial charge in [0.15, 0.2) is 0 Å². The number of anilines is 1. The predicted molar refractivity (Wildman–Crippen MR) is 132 cm³/mol. The van der Waals surface area contributed by atoms with Crippen LogP contribution >= 0.6 is 0 Å². The fourth-order valence-corrected chi connectivity index (χ4v) is 3.72. The molecule has 1 aliphatic rings. The molecule has 0 saturated heterocycles. The molecule has 1 aromatic heterocycles. The van der Waals surface area contributed by atoms with Crippen LogP contribution in [0.15, 0.2) is 36.5 Å². The van der Waals surface area contributed by atoms with Gasteiger partial charge in [0.25, 0.3) is 5.91 Å². The van der Waals surface area contributed by atoms with Gasteiger partial charge in [-0.15, -0.1) is 0 Å². The van der Waals surface area contributed by atoms with Gasteiger partial charge in [-0.3, -0.25) is 4.79 Å². The summed E-state index contributed by atoms with van der Waals surface area (Å²) in [5.74, 6) is 4.76. The van der Waals surface area contributed by atoms with Crippen molar-refractivity contribution in [1.29, 1.82) is 0 Å². The molecule has 0 bridgehead atoms. The van der Waals surface area contributed by atoms with Crippen molar-refractivity contribution in [3.63, 3.8) is 0 Å². The number of pyridine rings is 1. The Hall–Kier alpha value is -3.68. The first-order valence-corrected chi connectivity index (χ1v) is 11.6. The van der Waals surface area contributed by atoms with Gasteiger partial charge in [-0.2, -0.15) is 0 Å². The largest absolute Gasteiger partial charge is 0.472 e. The Morgan fingerprint density at radius 3 is 2.89 bits per heavy atom. The molecule has 192 valence electrons. The normalized spacial score (nSPS) is 18.1. The second-order valence-electron chi connectivity index (χ2n) is 8.72. The maximum absolute atomic E-state index is 14.0. The lowest BCUT2D eigenvalue weighted by atomic mass is 10.00. The number of fused-ring (bicyclic) bond motifs is 1. The Kier molecular flexibility index (Phi) is 9.22. The maximum Gasteiger partial charge on any atom is 0.321 e. The average molecular weight is 499 g/mol. The minimum Gasteiger partial charge on any atom is -0.472 e. The molecular weight excluding hydrogens is 467 g/mol. The number of nitrogens with one attached hydrogen (secondary N) is 1. The number of aliphatic hydroxyl groups is 1. The lowest BCUT2D eigenvalue weighted by Crippen LogP contribution is -2.50. The SMILES string of the molecule is COCC#Cc1cnc2c(c1)C(=O)N([C@@H](C)CO)C[C@H](C)[C@H](CN(C)C(=O)Nc1ccccc1F)O2. The lowest BCUT2D eigenvalue weighted by Gasteiger charge is -2.37. The second-order valence-corrected chi connectivity index (χ2v) is 8.72. The van der Waals surface area contributed by atoms with E-state index in [0.717, 1.165) is 0 Å². The zero-order valence-electron chi connectivity index (χ0n) is 20.8. The van der Waals surface area contributed by atoms with Gasteiger partial charge in [0, 0.05) is 38.4 Å². The summed E-state index contributed by atoms with van der Waals surface area (Å²) in [6.45, 7) is 4.10. The number of aliphatic hydroxyl groups excluding tert-OH is 1. The summed E-state index contributed by atoms with van der Waals surface area (Å²) >= 11 is 0. The third kappa shape index (κ3) is 6.50. The van der Waals surface area contributed by atoms with Crippen LogP contribution in [-0.4, -0.2) is 84.4 Å². The maximum atomic E-state index is 14.0. The van der Waals surface area contributed by atoms with Crippen molar-refractivity contribution in [3.8, 4) is 17.7 Å². The smallest absolute Gasteiger partial charge is 0.321 e. The number of hydrogen-bond donors (Lipinski definition) is 2. The van der Waals surface area contributed by atoms with Gasteiger partial charge in [-0.05, 0) is 25.1 Å². The van der Waals surface area contributed by atoms with Crippen molar-refractivity contribution >= 4 is 17.6 Å². The van der Waals surface area contributed by atoms with Crippen LogP contribution < -0.4 is 10.1 Å². The van der Waals surface area contributed by atoms with E-state index in [9.17, 15) is 19.1 Å². The molecule has 9 nitrogen and oxygen atoms in total. The molecule has 2 N–H and O–H groups in total. The number of halogens is 1. The number of nitrogens with zero attached hydrogens (tertiary/aromatic N) is 3. The fourth-order valence-electron chi connectivity index (χ4n) is 3.72. The molecule has 10 heteroatoms. The van der Waals surface area contributed by atoms with Crippen molar-refractivity contribution in [2.24, 2.45) is 5.92 Å².